The van der Waals surface area contributed by atoms with Gasteiger partial charge < -0.3 is 9.84 Å². The van der Waals surface area contributed by atoms with Gasteiger partial charge in [0.05, 0.1) is 19.9 Å². The highest BCUT2D eigenvalue weighted by molar-refractivity contribution is 5.59. The van der Waals surface area contributed by atoms with Crippen LogP contribution in [0.3, 0.4) is 0 Å². The van der Waals surface area contributed by atoms with E-state index in [0.29, 0.717) is 32.3 Å². The van der Waals surface area contributed by atoms with Gasteiger partial charge in [0.25, 0.3) is 5.56 Å². The molecule has 0 fully saturated rings. The molecule has 0 radical (unpaired) electrons. The van der Waals surface area contributed by atoms with Crippen LogP contribution < -0.4 is 15.2 Å². The molecule has 30 heavy (non-hydrogen) atoms. The number of aryl methyl sites for hydroxylation is 1. The van der Waals surface area contributed by atoms with Crippen LogP contribution in [-0.2, 0) is 13.1 Å². The molecular formula is C23H26N4O3. The Morgan fingerprint density at radius 1 is 1.03 bits per heavy atom. The number of fused-ring (bicyclic) bond motifs is 1. The molecule has 1 aliphatic rings. The first-order valence-corrected chi connectivity index (χ1v) is 10.1. The first-order valence-electron chi connectivity index (χ1n) is 10.1. The van der Waals surface area contributed by atoms with E-state index in [0.717, 1.165) is 28.4 Å². The van der Waals surface area contributed by atoms with Gasteiger partial charge in [-0.1, -0.05) is 25.1 Å². The molecule has 0 amide bonds. The summed E-state index contributed by atoms with van der Waals surface area (Å²) in [6, 6.07) is 17.4. The van der Waals surface area contributed by atoms with Gasteiger partial charge in [0.1, 0.15) is 11.5 Å². The topological polar surface area (TPSA) is 70.8 Å². The Morgan fingerprint density at radius 2 is 1.73 bits per heavy atom. The van der Waals surface area contributed by atoms with Gasteiger partial charge >= 0.3 is 0 Å². The average Bonchev–Trinajstić information content (AvgIpc) is 2.76. The Hall–Kier alpha value is -3.16. The van der Waals surface area contributed by atoms with E-state index in [1.807, 2.05) is 78.2 Å². The van der Waals surface area contributed by atoms with E-state index in [9.17, 15) is 9.90 Å². The minimum absolute atomic E-state index is 0.0170. The second-order valence-corrected chi connectivity index (χ2v) is 7.30. The molecule has 156 valence electrons. The number of aromatic nitrogens is 2. The van der Waals surface area contributed by atoms with Gasteiger partial charge in [0.2, 0.25) is 5.95 Å². The van der Waals surface area contributed by atoms with Crippen molar-refractivity contribution in [2.24, 2.45) is 0 Å². The first-order chi connectivity index (χ1) is 14.6. The lowest BCUT2D eigenvalue weighted by Crippen LogP contribution is -2.48. The molecule has 7 nitrogen and oxygen atoms in total. The average molecular weight is 406 g/mol. The van der Waals surface area contributed by atoms with Gasteiger partial charge in [-0.05, 0) is 49.7 Å². The number of aliphatic hydroxyl groups is 1. The second kappa shape index (κ2) is 8.69. The van der Waals surface area contributed by atoms with Gasteiger partial charge in [0.15, 0.2) is 0 Å². The maximum Gasteiger partial charge on any atom is 0.259 e. The van der Waals surface area contributed by atoms with Crippen LogP contribution in [0.25, 0.3) is 0 Å². The summed E-state index contributed by atoms with van der Waals surface area (Å²) in [5.41, 5.74) is 2.38. The van der Waals surface area contributed by atoms with E-state index in [4.69, 9.17) is 9.72 Å². The molecule has 2 heterocycles. The zero-order valence-electron chi connectivity index (χ0n) is 17.3. The maximum atomic E-state index is 13.0. The number of hydrogen-bond acceptors (Lipinski definition) is 6. The highest BCUT2D eigenvalue weighted by Gasteiger charge is 2.27. The molecule has 0 saturated heterocycles. The third-order valence-corrected chi connectivity index (χ3v) is 5.27. The molecule has 2 aromatic carbocycles. The van der Waals surface area contributed by atoms with Crippen LogP contribution in [0.4, 0.5) is 11.6 Å². The lowest BCUT2D eigenvalue weighted by atomic mass is 10.2. The van der Waals surface area contributed by atoms with Crippen molar-refractivity contribution in [3.05, 3.63) is 76.2 Å². The van der Waals surface area contributed by atoms with E-state index < -0.39 is 0 Å². The van der Waals surface area contributed by atoms with Crippen LogP contribution in [0.5, 0.6) is 11.5 Å². The fraction of sp³-hybridized carbons (Fsp3) is 0.304. The highest BCUT2D eigenvalue weighted by Crippen LogP contribution is 2.30. The molecule has 0 atom stereocenters. The second-order valence-electron chi connectivity index (χ2n) is 7.30. The summed E-state index contributed by atoms with van der Waals surface area (Å²) in [6.45, 7) is 5.32. The van der Waals surface area contributed by atoms with Crippen LogP contribution in [0.2, 0.25) is 0 Å². The van der Waals surface area contributed by atoms with Crippen molar-refractivity contribution in [2.45, 2.75) is 26.9 Å². The molecule has 4 rings (SSSR count). The number of hydrogen-bond donors (Lipinski definition) is 1. The zero-order chi connectivity index (χ0) is 21.1. The molecule has 7 heteroatoms. The number of nitrogens with zero attached hydrogens (tertiary/aromatic N) is 4. The van der Waals surface area contributed by atoms with E-state index in [2.05, 4.69) is 0 Å². The Bertz CT molecular complexity index is 1060. The third-order valence-electron chi connectivity index (χ3n) is 5.27. The van der Waals surface area contributed by atoms with Crippen LogP contribution in [-0.4, -0.2) is 39.4 Å². The minimum atomic E-state index is -0.0170. The van der Waals surface area contributed by atoms with E-state index in [-0.39, 0.29) is 12.2 Å². The number of β-amino-alcohol motifs (C(OH)–C–C–N with tert-alkyl or cyclic N) is 1. The van der Waals surface area contributed by atoms with Gasteiger partial charge in [-0.2, -0.15) is 0 Å². The number of para-hydroxylation sites is 1. The van der Waals surface area contributed by atoms with E-state index >= 15 is 0 Å². The fourth-order valence-corrected chi connectivity index (χ4v) is 3.73. The molecule has 0 bridgehead atoms. The normalized spacial score (nSPS) is 13.9. The molecule has 1 aliphatic heterocycles. The minimum Gasteiger partial charge on any atom is -0.457 e. The Morgan fingerprint density at radius 3 is 2.40 bits per heavy atom. The number of benzene rings is 2. The Kier molecular flexibility index (Phi) is 5.83. The summed E-state index contributed by atoms with van der Waals surface area (Å²) in [5.74, 6) is 2.14. The third kappa shape index (κ3) is 3.94. The number of ether oxygens (including phenoxy) is 1. The van der Waals surface area contributed by atoms with Gasteiger partial charge in [-0.15, -0.1) is 0 Å². The van der Waals surface area contributed by atoms with E-state index in [1.54, 1.807) is 4.57 Å². The van der Waals surface area contributed by atoms with Crippen molar-refractivity contribution >= 4 is 11.6 Å². The summed E-state index contributed by atoms with van der Waals surface area (Å²) in [7, 11) is 0. The summed E-state index contributed by atoms with van der Waals surface area (Å²) in [4.78, 5) is 21.8. The molecule has 0 unspecified atom stereocenters. The number of rotatable bonds is 6. The van der Waals surface area contributed by atoms with Crippen molar-refractivity contribution in [3.63, 3.8) is 0 Å². The predicted octanol–water partition coefficient (Wildman–Crippen LogP) is 3.27. The lowest BCUT2D eigenvalue weighted by Gasteiger charge is -2.38. The molecule has 3 aromatic rings. The van der Waals surface area contributed by atoms with Crippen LogP contribution in [0, 0.1) is 6.92 Å². The highest BCUT2D eigenvalue weighted by atomic mass is 16.5. The van der Waals surface area contributed by atoms with E-state index in [1.165, 1.54) is 0 Å². The molecule has 0 spiro atoms. The quantitative estimate of drug-likeness (QED) is 0.678. The van der Waals surface area contributed by atoms with Crippen molar-refractivity contribution in [1.82, 2.24) is 14.5 Å². The maximum absolute atomic E-state index is 13.0. The summed E-state index contributed by atoms with van der Waals surface area (Å²) < 4.78 is 7.58. The molecule has 1 N–H and O–H groups in total. The van der Waals surface area contributed by atoms with Crippen molar-refractivity contribution in [3.8, 4) is 11.5 Å². The summed E-state index contributed by atoms with van der Waals surface area (Å²) in [6.07, 6.45) is 0.642. The molecule has 0 saturated carbocycles. The summed E-state index contributed by atoms with van der Waals surface area (Å²) in [5, 5.41) is 9.43. The fourth-order valence-electron chi connectivity index (χ4n) is 3.73. The Labute approximate surface area is 175 Å². The van der Waals surface area contributed by atoms with Gasteiger partial charge in [0, 0.05) is 23.5 Å². The van der Waals surface area contributed by atoms with Crippen LogP contribution >= 0.6 is 0 Å². The van der Waals surface area contributed by atoms with Gasteiger partial charge in [-0.3, -0.25) is 19.2 Å². The lowest BCUT2D eigenvalue weighted by molar-refractivity contribution is 0.152. The van der Waals surface area contributed by atoms with Gasteiger partial charge in [-0.25, -0.2) is 4.98 Å². The van der Waals surface area contributed by atoms with Crippen molar-refractivity contribution < 1.29 is 9.84 Å². The van der Waals surface area contributed by atoms with Crippen molar-refractivity contribution in [2.75, 3.05) is 24.7 Å². The molecule has 1 aromatic heterocycles. The smallest absolute Gasteiger partial charge is 0.259 e. The van der Waals surface area contributed by atoms with Crippen LogP contribution in [0.1, 0.15) is 18.2 Å². The number of aliphatic hydroxyl groups excluding tert-OH is 1. The zero-order valence-corrected chi connectivity index (χ0v) is 17.3. The monoisotopic (exact) mass is 406 g/mol. The molecular weight excluding hydrogens is 380 g/mol. The van der Waals surface area contributed by atoms with Crippen LogP contribution in [0.15, 0.2) is 59.4 Å². The molecule has 0 aliphatic carbocycles. The Balaban J connectivity index is 1.69. The predicted molar refractivity (Wildman–Crippen MR) is 116 cm³/mol. The first kappa shape index (κ1) is 20.1. The standard InChI is InChI=1S/C23H26N4O3/c1-3-21-17(2)24-23-26(15-25(13-14-28)16-27(23)22(21)29)18-9-11-20(12-10-18)30-19-7-5-4-6-8-19/h4-12,28H,3,13-16H2,1-2H3. The number of anilines is 2. The largest absolute Gasteiger partial charge is 0.457 e. The summed E-state index contributed by atoms with van der Waals surface area (Å²) >= 11 is 0. The van der Waals surface area contributed by atoms with Crippen molar-refractivity contribution in [1.29, 1.82) is 0 Å². The SMILES string of the molecule is CCc1c(C)nc2n(c1=O)CN(CCO)CN2c1ccc(Oc2ccccc2)cc1.